The lowest BCUT2D eigenvalue weighted by atomic mass is 9.84. The third-order valence-corrected chi connectivity index (χ3v) is 3.57. The first-order chi connectivity index (χ1) is 11.1. The normalized spacial score (nSPS) is 18.2. The van der Waals surface area contributed by atoms with E-state index in [0.29, 0.717) is 16.8 Å². The Kier molecular flexibility index (Phi) is 4.73. The number of esters is 1. The number of non-ortho nitro benzene ring substituents is 1. The van der Waals surface area contributed by atoms with Crippen molar-refractivity contribution >= 4 is 17.6 Å². The monoisotopic (exact) mass is 332 g/mol. The molecular weight excluding hydrogens is 312 g/mol. The van der Waals surface area contributed by atoms with Crippen molar-refractivity contribution in [2.24, 2.45) is 0 Å². The third kappa shape index (κ3) is 3.98. The Balaban J connectivity index is 2.47. The number of hydrogen-bond acceptors (Lipinski definition) is 5. The first kappa shape index (κ1) is 17.7. The fraction of sp³-hybridized carbons (Fsp3) is 0.412. The fourth-order valence-electron chi connectivity index (χ4n) is 2.64. The summed E-state index contributed by atoms with van der Waals surface area (Å²) in [6, 6.07) is 5.98. The van der Waals surface area contributed by atoms with E-state index < -0.39 is 22.4 Å². The van der Waals surface area contributed by atoms with E-state index in [9.17, 15) is 19.7 Å². The standard InChI is InChI=1S/C17H20N2O5/c1-10-15(16(21)24-17(2,3)4)13(9-14(20)18-10)11-6-5-7-12(8-11)19(22)23/h5-8,13H,9H2,1-4H3,(H,18,20)/t13-/m0/s1. The van der Waals surface area contributed by atoms with Gasteiger partial charge in [0, 0.05) is 30.2 Å². The largest absolute Gasteiger partial charge is 0.457 e. The topological polar surface area (TPSA) is 98.5 Å². The number of nitrogens with one attached hydrogen (secondary N) is 1. The zero-order chi connectivity index (χ0) is 18.1. The van der Waals surface area contributed by atoms with Gasteiger partial charge in [0.1, 0.15) is 5.60 Å². The summed E-state index contributed by atoms with van der Waals surface area (Å²) in [4.78, 5) is 35.0. The molecule has 0 aliphatic carbocycles. The van der Waals surface area contributed by atoms with Crippen molar-refractivity contribution in [3.05, 3.63) is 51.2 Å². The molecule has 0 radical (unpaired) electrons. The fourth-order valence-corrected chi connectivity index (χ4v) is 2.64. The number of hydrogen-bond donors (Lipinski definition) is 1. The van der Waals surface area contributed by atoms with E-state index >= 15 is 0 Å². The summed E-state index contributed by atoms with van der Waals surface area (Å²) in [6.07, 6.45) is 0.0348. The van der Waals surface area contributed by atoms with Crippen molar-refractivity contribution in [2.45, 2.75) is 45.6 Å². The molecule has 7 nitrogen and oxygen atoms in total. The first-order valence-electron chi connectivity index (χ1n) is 7.57. The number of benzene rings is 1. The van der Waals surface area contributed by atoms with Gasteiger partial charge in [-0.05, 0) is 33.3 Å². The molecule has 7 heteroatoms. The summed E-state index contributed by atoms with van der Waals surface area (Å²) in [5.74, 6) is -1.35. The molecule has 0 unspecified atom stereocenters. The Labute approximate surface area is 139 Å². The highest BCUT2D eigenvalue weighted by Crippen LogP contribution is 2.35. The minimum atomic E-state index is -0.681. The zero-order valence-corrected chi connectivity index (χ0v) is 14.1. The van der Waals surface area contributed by atoms with Gasteiger partial charge in [-0.2, -0.15) is 0 Å². The number of ether oxygens (including phenoxy) is 1. The SMILES string of the molecule is CC1=C(C(=O)OC(C)(C)C)[C@H](c2cccc([N+](=O)[O-])c2)CC(=O)N1. The summed E-state index contributed by atoms with van der Waals surface area (Å²) in [7, 11) is 0. The Morgan fingerprint density at radius 3 is 2.62 bits per heavy atom. The minimum absolute atomic E-state index is 0.0348. The lowest BCUT2D eigenvalue weighted by Gasteiger charge is -2.29. The van der Waals surface area contributed by atoms with Gasteiger partial charge < -0.3 is 10.1 Å². The molecule has 1 aliphatic heterocycles. The maximum absolute atomic E-state index is 12.6. The second-order valence-corrected chi connectivity index (χ2v) is 6.70. The molecule has 1 aromatic carbocycles. The van der Waals surface area contributed by atoms with Crippen LogP contribution in [0.25, 0.3) is 0 Å². The van der Waals surface area contributed by atoms with E-state index in [1.165, 1.54) is 12.1 Å². The average Bonchev–Trinajstić information content (AvgIpc) is 2.44. The van der Waals surface area contributed by atoms with Gasteiger partial charge in [0.25, 0.3) is 5.69 Å². The predicted octanol–water partition coefficient (Wildman–Crippen LogP) is 2.81. The van der Waals surface area contributed by atoms with Crippen LogP contribution in [-0.2, 0) is 14.3 Å². The molecule has 1 atom stereocenters. The van der Waals surface area contributed by atoms with Crippen LogP contribution in [0.5, 0.6) is 0 Å². The van der Waals surface area contributed by atoms with Crippen LogP contribution in [0.3, 0.4) is 0 Å². The zero-order valence-electron chi connectivity index (χ0n) is 14.1. The van der Waals surface area contributed by atoms with Crippen molar-refractivity contribution in [2.75, 3.05) is 0 Å². The number of rotatable bonds is 3. The number of nitrogens with zero attached hydrogens (tertiary/aromatic N) is 1. The maximum Gasteiger partial charge on any atom is 0.336 e. The lowest BCUT2D eigenvalue weighted by Crippen LogP contribution is -2.36. The predicted molar refractivity (Wildman–Crippen MR) is 87.1 cm³/mol. The molecule has 128 valence electrons. The Morgan fingerprint density at radius 1 is 1.38 bits per heavy atom. The minimum Gasteiger partial charge on any atom is -0.457 e. The Morgan fingerprint density at radius 2 is 2.04 bits per heavy atom. The van der Waals surface area contributed by atoms with Gasteiger partial charge in [0.05, 0.1) is 10.5 Å². The molecule has 1 aliphatic rings. The second kappa shape index (κ2) is 6.43. The Bertz CT molecular complexity index is 731. The van der Waals surface area contributed by atoms with Gasteiger partial charge in [-0.3, -0.25) is 14.9 Å². The molecule has 1 heterocycles. The van der Waals surface area contributed by atoms with E-state index in [0.717, 1.165) is 0 Å². The van der Waals surface area contributed by atoms with Crippen LogP contribution in [0.15, 0.2) is 35.5 Å². The number of nitro benzene ring substituents is 1. The third-order valence-electron chi connectivity index (χ3n) is 3.57. The number of nitro groups is 1. The summed E-state index contributed by atoms with van der Waals surface area (Å²) in [5.41, 5.74) is 0.514. The van der Waals surface area contributed by atoms with Gasteiger partial charge in [-0.15, -0.1) is 0 Å². The maximum atomic E-state index is 12.6. The number of carbonyl (C=O) groups is 2. The van der Waals surface area contributed by atoms with Crippen molar-refractivity contribution in [3.8, 4) is 0 Å². The van der Waals surface area contributed by atoms with Crippen molar-refractivity contribution in [1.82, 2.24) is 5.32 Å². The van der Waals surface area contributed by atoms with E-state index in [-0.39, 0.29) is 18.0 Å². The summed E-state index contributed by atoms with van der Waals surface area (Å²) >= 11 is 0. The highest BCUT2D eigenvalue weighted by Gasteiger charge is 2.34. The van der Waals surface area contributed by atoms with Crippen LogP contribution in [-0.4, -0.2) is 22.4 Å². The van der Waals surface area contributed by atoms with Crippen LogP contribution < -0.4 is 5.32 Å². The molecule has 0 saturated carbocycles. The van der Waals surface area contributed by atoms with Crippen LogP contribution in [0.1, 0.15) is 45.6 Å². The molecule has 1 aromatic rings. The van der Waals surface area contributed by atoms with Gasteiger partial charge in [-0.25, -0.2) is 4.79 Å². The molecule has 0 fully saturated rings. The van der Waals surface area contributed by atoms with E-state index in [4.69, 9.17) is 4.74 Å². The highest BCUT2D eigenvalue weighted by molar-refractivity contribution is 5.96. The summed E-state index contributed by atoms with van der Waals surface area (Å²) in [5, 5.41) is 13.6. The molecule has 0 bridgehead atoms. The smallest absolute Gasteiger partial charge is 0.336 e. The van der Waals surface area contributed by atoms with Crippen LogP contribution in [0.4, 0.5) is 5.69 Å². The Hall–Kier alpha value is -2.70. The molecule has 1 N–H and O–H groups in total. The summed E-state index contributed by atoms with van der Waals surface area (Å²) in [6.45, 7) is 6.89. The van der Waals surface area contributed by atoms with Gasteiger partial charge in [0.2, 0.25) is 5.91 Å². The number of amides is 1. The van der Waals surface area contributed by atoms with Crippen LogP contribution in [0.2, 0.25) is 0 Å². The molecular formula is C17H20N2O5. The average molecular weight is 332 g/mol. The van der Waals surface area contributed by atoms with Gasteiger partial charge in [0.15, 0.2) is 0 Å². The molecule has 0 aromatic heterocycles. The lowest BCUT2D eigenvalue weighted by molar-refractivity contribution is -0.384. The van der Waals surface area contributed by atoms with E-state index in [2.05, 4.69) is 5.32 Å². The quantitative estimate of drug-likeness (QED) is 0.521. The van der Waals surface area contributed by atoms with Crippen LogP contribution in [0, 0.1) is 10.1 Å². The first-order valence-corrected chi connectivity index (χ1v) is 7.57. The molecule has 0 spiro atoms. The van der Waals surface area contributed by atoms with E-state index in [1.807, 2.05) is 0 Å². The van der Waals surface area contributed by atoms with Crippen LogP contribution >= 0.6 is 0 Å². The summed E-state index contributed by atoms with van der Waals surface area (Å²) < 4.78 is 5.43. The highest BCUT2D eigenvalue weighted by atomic mass is 16.6. The number of carbonyl (C=O) groups excluding carboxylic acids is 2. The van der Waals surface area contributed by atoms with Gasteiger partial charge >= 0.3 is 5.97 Å². The molecule has 2 rings (SSSR count). The van der Waals surface area contributed by atoms with Crippen molar-refractivity contribution < 1.29 is 19.2 Å². The van der Waals surface area contributed by atoms with Gasteiger partial charge in [-0.1, -0.05) is 12.1 Å². The van der Waals surface area contributed by atoms with Crippen molar-refractivity contribution in [3.63, 3.8) is 0 Å². The van der Waals surface area contributed by atoms with Crippen molar-refractivity contribution in [1.29, 1.82) is 0 Å². The van der Waals surface area contributed by atoms with E-state index in [1.54, 1.807) is 39.8 Å². The second-order valence-electron chi connectivity index (χ2n) is 6.70. The molecule has 0 saturated heterocycles. The molecule has 24 heavy (non-hydrogen) atoms. The molecule has 1 amide bonds. The number of allylic oxidation sites excluding steroid dienone is 1.